The van der Waals surface area contributed by atoms with Crippen molar-refractivity contribution in [2.75, 3.05) is 11.1 Å². The van der Waals surface area contributed by atoms with Crippen molar-refractivity contribution >= 4 is 11.4 Å². The standard InChI is InChI=1S/C16H18F2N2O/c1-10(2)21-16-8-13(5-6-15(16)19)20-9-11-3-4-12(17)7-14(11)18/h3-8,10,20H,9,19H2,1-2H3. The van der Waals surface area contributed by atoms with Crippen molar-refractivity contribution < 1.29 is 13.5 Å². The Bertz CT molecular complexity index is 630. The minimum Gasteiger partial charge on any atom is -0.489 e. The number of anilines is 2. The van der Waals surface area contributed by atoms with Gasteiger partial charge in [-0.15, -0.1) is 0 Å². The first-order chi connectivity index (χ1) is 9.95. The average molecular weight is 292 g/mol. The van der Waals surface area contributed by atoms with Gasteiger partial charge < -0.3 is 15.8 Å². The summed E-state index contributed by atoms with van der Waals surface area (Å²) in [5.74, 6) is -0.581. The number of nitrogen functional groups attached to an aromatic ring is 1. The number of hydrogen-bond acceptors (Lipinski definition) is 3. The molecule has 2 aromatic rings. The molecule has 2 aromatic carbocycles. The Hall–Kier alpha value is -2.30. The first kappa shape index (κ1) is 15.1. The summed E-state index contributed by atoms with van der Waals surface area (Å²) in [6.07, 6.45) is 0.0112. The molecule has 0 aliphatic carbocycles. The number of rotatable bonds is 5. The van der Waals surface area contributed by atoms with Crippen LogP contribution in [0.5, 0.6) is 5.75 Å². The van der Waals surface area contributed by atoms with Gasteiger partial charge in [0, 0.05) is 29.9 Å². The van der Waals surface area contributed by atoms with Gasteiger partial charge in [0.25, 0.3) is 0 Å². The minimum atomic E-state index is -0.587. The first-order valence-electron chi connectivity index (χ1n) is 6.69. The molecule has 0 saturated carbocycles. The monoisotopic (exact) mass is 292 g/mol. The Balaban J connectivity index is 2.09. The SMILES string of the molecule is CC(C)Oc1cc(NCc2ccc(F)cc2F)ccc1N. The van der Waals surface area contributed by atoms with E-state index in [1.54, 1.807) is 18.2 Å². The maximum atomic E-state index is 13.5. The van der Waals surface area contributed by atoms with Gasteiger partial charge in [-0.1, -0.05) is 6.07 Å². The number of halogens is 2. The van der Waals surface area contributed by atoms with Crippen LogP contribution < -0.4 is 15.8 Å². The highest BCUT2D eigenvalue weighted by Crippen LogP contribution is 2.27. The van der Waals surface area contributed by atoms with Crippen LogP contribution >= 0.6 is 0 Å². The van der Waals surface area contributed by atoms with Crippen molar-refractivity contribution in [2.24, 2.45) is 0 Å². The Morgan fingerprint density at radius 1 is 1.14 bits per heavy atom. The summed E-state index contributed by atoms with van der Waals surface area (Å²) in [4.78, 5) is 0. The predicted molar refractivity (Wildman–Crippen MR) is 80.3 cm³/mol. The molecule has 0 spiro atoms. The summed E-state index contributed by atoms with van der Waals surface area (Å²) in [6, 6.07) is 8.78. The summed E-state index contributed by atoms with van der Waals surface area (Å²) in [5, 5.41) is 3.06. The molecule has 0 aliphatic rings. The van der Waals surface area contributed by atoms with Crippen LogP contribution in [0.25, 0.3) is 0 Å². The second kappa shape index (κ2) is 6.43. The van der Waals surface area contributed by atoms with Crippen LogP contribution in [0, 0.1) is 11.6 Å². The van der Waals surface area contributed by atoms with Crippen molar-refractivity contribution in [3.8, 4) is 5.75 Å². The number of nitrogens with one attached hydrogen (secondary N) is 1. The quantitative estimate of drug-likeness (QED) is 0.820. The molecule has 5 heteroatoms. The molecule has 0 bridgehead atoms. The van der Waals surface area contributed by atoms with Crippen LogP contribution in [0.15, 0.2) is 36.4 Å². The van der Waals surface area contributed by atoms with Crippen molar-refractivity contribution in [2.45, 2.75) is 26.5 Å². The third-order valence-electron chi connectivity index (χ3n) is 2.87. The van der Waals surface area contributed by atoms with Crippen LogP contribution in [-0.2, 0) is 6.54 Å². The highest BCUT2D eigenvalue weighted by molar-refractivity contribution is 5.61. The zero-order valence-corrected chi connectivity index (χ0v) is 12.0. The van der Waals surface area contributed by atoms with E-state index in [0.717, 1.165) is 11.8 Å². The molecule has 0 amide bonds. The Morgan fingerprint density at radius 2 is 1.90 bits per heavy atom. The van der Waals surface area contributed by atoms with Gasteiger partial charge in [-0.25, -0.2) is 8.78 Å². The molecule has 0 saturated heterocycles. The van der Waals surface area contributed by atoms with Crippen LogP contribution in [-0.4, -0.2) is 6.10 Å². The van der Waals surface area contributed by atoms with Gasteiger partial charge in [0.1, 0.15) is 17.4 Å². The lowest BCUT2D eigenvalue weighted by Gasteiger charge is -2.14. The summed E-state index contributed by atoms with van der Waals surface area (Å²) in [5.41, 5.74) is 7.52. The van der Waals surface area contributed by atoms with Crippen LogP contribution in [0.2, 0.25) is 0 Å². The molecule has 0 aliphatic heterocycles. The maximum absolute atomic E-state index is 13.5. The molecular weight excluding hydrogens is 274 g/mol. The fraction of sp³-hybridized carbons (Fsp3) is 0.250. The van der Waals surface area contributed by atoms with E-state index in [0.29, 0.717) is 17.0 Å². The lowest BCUT2D eigenvalue weighted by molar-refractivity contribution is 0.244. The van der Waals surface area contributed by atoms with Crippen LogP contribution in [0.3, 0.4) is 0 Å². The van der Waals surface area contributed by atoms with E-state index in [4.69, 9.17) is 10.5 Å². The largest absolute Gasteiger partial charge is 0.489 e. The number of benzene rings is 2. The third-order valence-corrected chi connectivity index (χ3v) is 2.87. The normalized spacial score (nSPS) is 10.7. The van der Waals surface area contributed by atoms with Gasteiger partial charge in [-0.3, -0.25) is 0 Å². The first-order valence-corrected chi connectivity index (χ1v) is 6.69. The molecule has 0 atom stereocenters. The van der Waals surface area contributed by atoms with Gasteiger partial charge in [0.05, 0.1) is 11.8 Å². The second-order valence-corrected chi connectivity index (χ2v) is 5.01. The number of nitrogens with two attached hydrogens (primary N) is 1. The maximum Gasteiger partial charge on any atom is 0.144 e. The van der Waals surface area contributed by atoms with E-state index in [2.05, 4.69) is 5.32 Å². The molecule has 3 N–H and O–H groups in total. The molecule has 0 unspecified atom stereocenters. The number of hydrogen-bond donors (Lipinski definition) is 2. The lowest BCUT2D eigenvalue weighted by atomic mass is 10.2. The van der Waals surface area contributed by atoms with Gasteiger partial charge in [-0.05, 0) is 32.0 Å². The summed E-state index contributed by atoms with van der Waals surface area (Å²) < 4.78 is 32.0. The number of ether oxygens (including phenoxy) is 1. The van der Waals surface area contributed by atoms with Gasteiger partial charge in [-0.2, -0.15) is 0 Å². The van der Waals surface area contributed by atoms with E-state index < -0.39 is 11.6 Å². The topological polar surface area (TPSA) is 47.3 Å². The van der Waals surface area contributed by atoms with Gasteiger partial charge in [0.15, 0.2) is 0 Å². The zero-order valence-electron chi connectivity index (χ0n) is 12.0. The predicted octanol–water partition coefficient (Wildman–Crippen LogP) is 3.95. The average Bonchev–Trinajstić information content (AvgIpc) is 2.40. The van der Waals surface area contributed by atoms with Crippen molar-refractivity contribution in [3.05, 3.63) is 53.6 Å². The van der Waals surface area contributed by atoms with E-state index in [-0.39, 0.29) is 12.6 Å². The van der Waals surface area contributed by atoms with Gasteiger partial charge >= 0.3 is 0 Å². The van der Waals surface area contributed by atoms with E-state index in [1.807, 2.05) is 13.8 Å². The minimum absolute atomic E-state index is 0.0112. The zero-order chi connectivity index (χ0) is 15.4. The highest BCUT2D eigenvalue weighted by atomic mass is 19.1. The van der Waals surface area contributed by atoms with E-state index in [9.17, 15) is 8.78 Å². The molecule has 0 fully saturated rings. The van der Waals surface area contributed by atoms with Crippen LogP contribution in [0.1, 0.15) is 19.4 Å². The molecule has 112 valence electrons. The van der Waals surface area contributed by atoms with E-state index >= 15 is 0 Å². The molecular formula is C16H18F2N2O. The molecule has 3 nitrogen and oxygen atoms in total. The Kier molecular flexibility index (Phi) is 4.62. The highest BCUT2D eigenvalue weighted by Gasteiger charge is 2.06. The van der Waals surface area contributed by atoms with Gasteiger partial charge in [0.2, 0.25) is 0 Å². The molecule has 21 heavy (non-hydrogen) atoms. The summed E-state index contributed by atoms with van der Waals surface area (Å²) >= 11 is 0. The Labute approximate surface area is 122 Å². The second-order valence-electron chi connectivity index (χ2n) is 5.01. The molecule has 0 heterocycles. The molecule has 0 aromatic heterocycles. The summed E-state index contributed by atoms with van der Waals surface area (Å²) in [6.45, 7) is 4.07. The van der Waals surface area contributed by atoms with E-state index in [1.165, 1.54) is 12.1 Å². The fourth-order valence-electron chi connectivity index (χ4n) is 1.86. The molecule has 2 rings (SSSR count). The van der Waals surface area contributed by atoms with Crippen molar-refractivity contribution in [1.29, 1.82) is 0 Å². The Morgan fingerprint density at radius 3 is 2.57 bits per heavy atom. The third kappa shape index (κ3) is 4.08. The van der Waals surface area contributed by atoms with Crippen molar-refractivity contribution in [1.82, 2.24) is 0 Å². The fourth-order valence-corrected chi connectivity index (χ4v) is 1.86. The summed E-state index contributed by atoms with van der Waals surface area (Å²) in [7, 11) is 0. The smallest absolute Gasteiger partial charge is 0.144 e. The lowest BCUT2D eigenvalue weighted by Crippen LogP contribution is -2.08. The van der Waals surface area contributed by atoms with Crippen molar-refractivity contribution in [3.63, 3.8) is 0 Å². The molecule has 0 radical (unpaired) electrons. The van der Waals surface area contributed by atoms with Crippen LogP contribution in [0.4, 0.5) is 20.2 Å².